The summed E-state index contributed by atoms with van der Waals surface area (Å²) in [4.78, 5) is 12.1. The van der Waals surface area contributed by atoms with Gasteiger partial charge < -0.3 is 15.4 Å². The summed E-state index contributed by atoms with van der Waals surface area (Å²) in [6.07, 6.45) is 3.02. The molecule has 0 aromatic heterocycles. The molecule has 4 nitrogen and oxygen atoms in total. The minimum absolute atomic E-state index is 0.0355. The van der Waals surface area contributed by atoms with Crippen molar-refractivity contribution >= 4 is 5.91 Å². The molecule has 128 valence electrons. The van der Waals surface area contributed by atoms with Gasteiger partial charge in [0.1, 0.15) is 11.9 Å². The van der Waals surface area contributed by atoms with E-state index >= 15 is 0 Å². The van der Waals surface area contributed by atoms with Gasteiger partial charge in [0.05, 0.1) is 6.54 Å². The van der Waals surface area contributed by atoms with Crippen LogP contribution in [0.2, 0.25) is 0 Å². The lowest BCUT2D eigenvalue weighted by Crippen LogP contribution is -2.37. The van der Waals surface area contributed by atoms with Crippen LogP contribution in [0.1, 0.15) is 38.7 Å². The zero-order valence-corrected chi connectivity index (χ0v) is 14.6. The Morgan fingerprint density at radius 1 is 1.39 bits per heavy atom. The molecule has 0 spiro atoms. The topological polar surface area (TPSA) is 50.4 Å². The number of piperidine rings is 1. The van der Waals surface area contributed by atoms with Crippen LogP contribution in [0.4, 0.5) is 0 Å². The second kappa shape index (κ2) is 8.92. The third-order valence-corrected chi connectivity index (χ3v) is 4.66. The smallest absolute Gasteiger partial charge is 0.220 e. The summed E-state index contributed by atoms with van der Waals surface area (Å²) in [5.74, 6) is 2.06. The van der Waals surface area contributed by atoms with E-state index in [-0.39, 0.29) is 12.0 Å². The highest BCUT2D eigenvalue weighted by molar-refractivity contribution is 5.76. The van der Waals surface area contributed by atoms with E-state index in [4.69, 9.17) is 4.74 Å². The molecule has 1 saturated heterocycles. The highest BCUT2D eigenvalue weighted by Crippen LogP contribution is 2.22. The normalized spacial score (nSPS) is 20.6. The monoisotopic (exact) mass is 318 g/mol. The Morgan fingerprint density at radius 3 is 2.87 bits per heavy atom. The molecule has 1 aliphatic rings. The van der Waals surface area contributed by atoms with Gasteiger partial charge in [-0.1, -0.05) is 25.1 Å². The Morgan fingerprint density at radius 2 is 2.17 bits per heavy atom. The largest absolute Gasteiger partial charge is 0.489 e. The highest BCUT2D eigenvalue weighted by atomic mass is 16.5. The summed E-state index contributed by atoms with van der Waals surface area (Å²) >= 11 is 0. The molecular weight excluding hydrogens is 288 g/mol. The third kappa shape index (κ3) is 5.87. The van der Waals surface area contributed by atoms with Crippen LogP contribution >= 0.6 is 0 Å². The summed E-state index contributed by atoms with van der Waals surface area (Å²) in [6, 6.07) is 7.95. The van der Waals surface area contributed by atoms with Crippen molar-refractivity contribution in [2.75, 3.05) is 19.6 Å². The average Bonchev–Trinajstić information content (AvgIpc) is 2.56. The summed E-state index contributed by atoms with van der Waals surface area (Å²) in [5.41, 5.74) is 1.11. The van der Waals surface area contributed by atoms with E-state index in [1.807, 2.05) is 38.1 Å². The number of benzene rings is 1. The molecule has 1 amide bonds. The molecule has 1 aliphatic heterocycles. The summed E-state index contributed by atoms with van der Waals surface area (Å²) in [5, 5.41) is 6.43. The van der Waals surface area contributed by atoms with Crippen LogP contribution in [0.25, 0.3) is 0 Å². The Bertz CT molecular complexity index is 498. The van der Waals surface area contributed by atoms with Crippen molar-refractivity contribution in [3.63, 3.8) is 0 Å². The van der Waals surface area contributed by atoms with Gasteiger partial charge in [0.2, 0.25) is 5.91 Å². The summed E-state index contributed by atoms with van der Waals surface area (Å²) < 4.78 is 5.89. The first-order valence-corrected chi connectivity index (χ1v) is 8.76. The van der Waals surface area contributed by atoms with Crippen LogP contribution in [0.5, 0.6) is 5.75 Å². The second-order valence-corrected chi connectivity index (χ2v) is 6.79. The van der Waals surface area contributed by atoms with Crippen LogP contribution in [0, 0.1) is 18.8 Å². The molecule has 0 radical (unpaired) electrons. The number of rotatable bonds is 7. The standard InChI is InChI=1S/C19H30N2O2/c1-14-7-4-5-9-18(14)23-16(3)12-21-19(22)11-15(2)17-8-6-10-20-13-17/h4-5,7,9,15-17,20H,6,8,10-13H2,1-3H3,(H,21,22). The molecule has 0 saturated carbocycles. The lowest BCUT2D eigenvalue weighted by molar-refractivity contribution is -0.122. The molecule has 1 aromatic rings. The predicted octanol–water partition coefficient (Wildman–Crippen LogP) is 2.90. The maximum Gasteiger partial charge on any atom is 0.220 e. The van der Waals surface area contributed by atoms with E-state index in [0.717, 1.165) is 24.4 Å². The third-order valence-electron chi connectivity index (χ3n) is 4.66. The second-order valence-electron chi connectivity index (χ2n) is 6.79. The lowest BCUT2D eigenvalue weighted by atomic mass is 9.85. The van der Waals surface area contributed by atoms with E-state index in [1.54, 1.807) is 0 Å². The van der Waals surface area contributed by atoms with Crippen molar-refractivity contribution in [1.82, 2.24) is 10.6 Å². The maximum absolute atomic E-state index is 12.1. The van der Waals surface area contributed by atoms with Gasteiger partial charge in [-0.25, -0.2) is 0 Å². The van der Waals surface area contributed by atoms with Crippen molar-refractivity contribution in [3.05, 3.63) is 29.8 Å². The molecule has 1 fully saturated rings. The molecule has 0 aliphatic carbocycles. The number of carbonyl (C=O) groups excluding carboxylic acids is 1. The Kier molecular flexibility index (Phi) is 6.90. The first kappa shape index (κ1) is 17.8. The molecule has 2 rings (SSSR count). The fraction of sp³-hybridized carbons (Fsp3) is 0.632. The Labute approximate surface area is 140 Å². The molecule has 4 heteroatoms. The molecule has 3 atom stereocenters. The van der Waals surface area contributed by atoms with Crippen LogP contribution < -0.4 is 15.4 Å². The summed E-state index contributed by atoms with van der Waals surface area (Å²) in [7, 11) is 0. The molecular formula is C19H30N2O2. The van der Waals surface area contributed by atoms with Crippen LogP contribution in [-0.2, 0) is 4.79 Å². The predicted molar refractivity (Wildman–Crippen MR) is 93.7 cm³/mol. The number of aryl methyl sites for hydroxylation is 1. The molecule has 2 N–H and O–H groups in total. The number of para-hydroxylation sites is 1. The number of carbonyl (C=O) groups is 1. The van der Waals surface area contributed by atoms with E-state index in [9.17, 15) is 4.79 Å². The zero-order valence-electron chi connectivity index (χ0n) is 14.6. The lowest BCUT2D eigenvalue weighted by Gasteiger charge is -2.28. The van der Waals surface area contributed by atoms with Crippen LogP contribution in [-0.4, -0.2) is 31.6 Å². The van der Waals surface area contributed by atoms with Crippen LogP contribution in [0.15, 0.2) is 24.3 Å². The molecule has 1 aromatic carbocycles. The number of hydrogen-bond donors (Lipinski definition) is 2. The van der Waals surface area contributed by atoms with Crippen molar-refractivity contribution in [1.29, 1.82) is 0 Å². The maximum atomic E-state index is 12.1. The van der Waals surface area contributed by atoms with Crippen molar-refractivity contribution in [2.45, 2.75) is 46.1 Å². The minimum Gasteiger partial charge on any atom is -0.489 e. The number of nitrogens with one attached hydrogen (secondary N) is 2. The zero-order chi connectivity index (χ0) is 16.7. The van der Waals surface area contributed by atoms with Gasteiger partial charge in [-0.05, 0) is 63.2 Å². The van der Waals surface area contributed by atoms with Crippen molar-refractivity contribution in [2.24, 2.45) is 11.8 Å². The van der Waals surface area contributed by atoms with Gasteiger partial charge in [-0.3, -0.25) is 4.79 Å². The van der Waals surface area contributed by atoms with E-state index < -0.39 is 0 Å². The van der Waals surface area contributed by atoms with E-state index in [0.29, 0.717) is 24.8 Å². The molecule has 23 heavy (non-hydrogen) atoms. The van der Waals surface area contributed by atoms with E-state index in [1.165, 1.54) is 12.8 Å². The summed E-state index contributed by atoms with van der Waals surface area (Å²) in [6.45, 7) is 8.90. The van der Waals surface area contributed by atoms with Crippen molar-refractivity contribution < 1.29 is 9.53 Å². The van der Waals surface area contributed by atoms with Crippen LogP contribution in [0.3, 0.4) is 0 Å². The van der Waals surface area contributed by atoms with Gasteiger partial charge in [-0.15, -0.1) is 0 Å². The minimum atomic E-state index is -0.0355. The van der Waals surface area contributed by atoms with Gasteiger partial charge in [0, 0.05) is 6.42 Å². The van der Waals surface area contributed by atoms with Gasteiger partial charge >= 0.3 is 0 Å². The SMILES string of the molecule is Cc1ccccc1OC(C)CNC(=O)CC(C)C1CCCNC1. The fourth-order valence-corrected chi connectivity index (χ4v) is 3.10. The Hall–Kier alpha value is -1.55. The molecule has 3 unspecified atom stereocenters. The molecule has 1 heterocycles. The van der Waals surface area contributed by atoms with Gasteiger partial charge in [0.15, 0.2) is 0 Å². The van der Waals surface area contributed by atoms with Crippen molar-refractivity contribution in [3.8, 4) is 5.75 Å². The first-order chi connectivity index (χ1) is 11.1. The highest BCUT2D eigenvalue weighted by Gasteiger charge is 2.22. The molecule has 0 bridgehead atoms. The number of ether oxygens (including phenoxy) is 1. The van der Waals surface area contributed by atoms with Gasteiger partial charge in [-0.2, -0.15) is 0 Å². The Balaban J connectivity index is 1.70. The van der Waals surface area contributed by atoms with Gasteiger partial charge in [0.25, 0.3) is 0 Å². The number of hydrogen-bond acceptors (Lipinski definition) is 3. The average molecular weight is 318 g/mol. The quantitative estimate of drug-likeness (QED) is 0.813. The first-order valence-electron chi connectivity index (χ1n) is 8.76. The number of amides is 1. The van der Waals surface area contributed by atoms with E-state index in [2.05, 4.69) is 17.6 Å². The fourth-order valence-electron chi connectivity index (χ4n) is 3.10.